The van der Waals surface area contributed by atoms with Crippen LogP contribution < -0.4 is 9.64 Å². The fourth-order valence-electron chi connectivity index (χ4n) is 8.63. The largest absolute Gasteiger partial charge is 0.461 e. The number of aromatic nitrogens is 2. The van der Waals surface area contributed by atoms with E-state index in [-0.39, 0.29) is 23.9 Å². The van der Waals surface area contributed by atoms with Crippen LogP contribution in [-0.4, -0.2) is 76.6 Å². The van der Waals surface area contributed by atoms with Gasteiger partial charge in [0.1, 0.15) is 12.4 Å². The molecule has 44 heavy (non-hydrogen) atoms. The zero-order chi connectivity index (χ0) is 30.6. The number of benzene rings is 1. The number of carbonyl (C=O) groups is 1. The molecule has 7 rings (SSSR count). The number of allylic oxidation sites excluding steroid dienone is 2. The zero-order valence-corrected chi connectivity index (χ0v) is 26.0. The first kappa shape index (κ1) is 29.2. The molecule has 0 saturated carbocycles. The van der Waals surface area contributed by atoms with Crippen molar-refractivity contribution in [3.8, 4) is 12.1 Å². The number of hydrogen-bond donors (Lipinski definition) is 0. The van der Waals surface area contributed by atoms with E-state index >= 15 is 0 Å². The topological polar surface area (TPSA) is 85.6 Å². The fourth-order valence-corrected chi connectivity index (χ4v) is 8.95. The number of fused-ring (bicyclic) bond motifs is 4. The van der Waals surface area contributed by atoms with E-state index in [1.165, 1.54) is 28.9 Å². The van der Waals surface area contributed by atoms with Crippen molar-refractivity contribution in [2.45, 2.75) is 75.3 Å². The number of anilines is 1. The molecule has 1 aromatic heterocycles. The van der Waals surface area contributed by atoms with E-state index in [1.54, 1.807) is 0 Å². The first-order valence-corrected chi connectivity index (χ1v) is 16.2. The molecule has 2 atom stereocenters. The summed E-state index contributed by atoms with van der Waals surface area (Å²) < 4.78 is 20.4. The lowest BCUT2D eigenvalue weighted by Gasteiger charge is -2.42. The minimum Gasteiger partial charge on any atom is -0.461 e. The fraction of sp³-hybridized carbons (Fsp3) is 0.529. The number of ether oxygens (including phenoxy) is 1. The van der Waals surface area contributed by atoms with E-state index in [9.17, 15) is 14.4 Å². The Labute approximate surface area is 263 Å². The van der Waals surface area contributed by atoms with Gasteiger partial charge in [-0.1, -0.05) is 36.4 Å². The Morgan fingerprint density at radius 2 is 2.00 bits per heavy atom. The molecular weight excluding hydrogens is 579 g/mol. The summed E-state index contributed by atoms with van der Waals surface area (Å²) in [5, 5.41) is 10.3. The molecule has 3 saturated heterocycles. The van der Waals surface area contributed by atoms with Gasteiger partial charge >= 0.3 is 6.01 Å². The summed E-state index contributed by atoms with van der Waals surface area (Å²) >= 11 is 6.68. The van der Waals surface area contributed by atoms with Crippen LogP contribution in [0.15, 0.2) is 36.7 Å². The number of carbonyl (C=O) groups excluding carboxylic acids is 1. The maximum atomic E-state index is 13.9. The molecule has 3 aliphatic heterocycles. The summed E-state index contributed by atoms with van der Waals surface area (Å²) in [6, 6.07) is 8.25. The standard InChI is InChI=1S/C34H38ClFN6O2/c1-22-18-33(26-6-3-7-27(35)29(22)26)12-8-25-28(19-33)38-32(44-21-34-10-4-14-41(34)15-5-11-34)39-30(25)40-16-17-42(31(43)23(2)36)24(20-40)9-13-37/h3,6-7,18,24H,2,4-5,8-12,14-17,19-21H2,1H3/t24-,33?/m0/s1. The molecule has 0 radical (unpaired) electrons. The van der Waals surface area contributed by atoms with Crippen LogP contribution >= 0.6 is 11.6 Å². The maximum absolute atomic E-state index is 13.9. The third-order valence-corrected chi connectivity index (χ3v) is 11.0. The second kappa shape index (κ2) is 11.1. The molecule has 1 spiro atoms. The highest BCUT2D eigenvalue weighted by atomic mass is 35.5. The molecule has 2 aliphatic carbocycles. The number of rotatable bonds is 6. The van der Waals surface area contributed by atoms with Crippen LogP contribution in [-0.2, 0) is 23.1 Å². The van der Waals surface area contributed by atoms with Crippen LogP contribution in [0.3, 0.4) is 0 Å². The van der Waals surface area contributed by atoms with E-state index in [0.717, 1.165) is 66.4 Å². The lowest BCUT2D eigenvalue weighted by molar-refractivity contribution is -0.131. The van der Waals surface area contributed by atoms with Crippen molar-refractivity contribution in [1.82, 2.24) is 19.8 Å². The van der Waals surface area contributed by atoms with Crippen LogP contribution in [0.5, 0.6) is 6.01 Å². The quantitative estimate of drug-likeness (QED) is 0.402. The van der Waals surface area contributed by atoms with Gasteiger partial charge in [-0.2, -0.15) is 15.2 Å². The first-order valence-electron chi connectivity index (χ1n) is 15.8. The van der Waals surface area contributed by atoms with Crippen molar-refractivity contribution in [2.75, 3.05) is 44.2 Å². The number of piperazine rings is 1. The van der Waals surface area contributed by atoms with Crippen molar-refractivity contribution in [1.29, 1.82) is 5.26 Å². The normalized spacial score (nSPS) is 25.3. The van der Waals surface area contributed by atoms with Gasteiger partial charge in [0, 0.05) is 42.1 Å². The summed E-state index contributed by atoms with van der Waals surface area (Å²) in [6.07, 6.45) is 9.44. The number of nitrogens with zero attached hydrogens (tertiary/aromatic N) is 6. The molecular formula is C34H38ClFN6O2. The third kappa shape index (κ3) is 4.78. The molecule has 1 unspecified atom stereocenters. The molecule has 0 bridgehead atoms. The van der Waals surface area contributed by atoms with Crippen LogP contribution in [0, 0.1) is 11.3 Å². The minimum atomic E-state index is -1.01. The predicted octanol–water partition coefficient (Wildman–Crippen LogP) is 5.39. The third-order valence-electron chi connectivity index (χ3n) is 10.7. The Balaban J connectivity index is 1.25. The summed E-state index contributed by atoms with van der Waals surface area (Å²) in [6.45, 7) is 9.23. The Kier molecular flexibility index (Phi) is 7.41. The summed E-state index contributed by atoms with van der Waals surface area (Å²) in [5.41, 5.74) is 5.46. The van der Waals surface area contributed by atoms with Gasteiger partial charge in [0.2, 0.25) is 0 Å². The molecule has 5 aliphatic rings. The van der Waals surface area contributed by atoms with Crippen molar-refractivity contribution in [3.05, 3.63) is 64.1 Å². The van der Waals surface area contributed by atoms with Gasteiger partial charge in [-0.15, -0.1) is 0 Å². The predicted molar refractivity (Wildman–Crippen MR) is 167 cm³/mol. The number of nitriles is 1. The first-order chi connectivity index (χ1) is 21.2. The Morgan fingerprint density at radius 3 is 2.75 bits per heavy atom. The summed E-state index contributed by atoms with van der Waals surface area (Å²) in [4.78, 5) is 28.8. The number of hydrogen-bond acceptors (Lipinski definition) is 7. The highest BCUT2D eigenvalue weighted by molar-refractivity contribution is 6.32. The molecule has 230 valence electrons. The average molecular weight is 617 g/mol. The zero-order valence-electron chi connectivity index (χ0n) is 25.2. The Morgan fingerprint density at radius 1 is 1.20 bits per heavy atom. The van der Waals surface area contributed by atoms with Crippen molar-refractivity contribution < 1.29 is 13.9 Å². The molecule has 1 amide bonds. The lowest BCUT2D eigenvalue weighted by atomic mass is 9.70. The van der Waals surface area contributed by atoms with Gasteiger partial charge in [0.05, 0.1) is 29.8 Å². The second-order valence-corrected chi connectivity index (χ2v) is 13.6. The van der Waals surface area contributed by atoms with Crippen LogP contribution in [0.2, 0.25) is 5.02 Å². The van der Waals surface area contributed by atoms with E-state index in [1.807, 2.05) is 12.1 Å². The van der Waals surface area contributed by atoms with Gasteiger partial charge in [-0.25, -0.2) is 4.39 Å². The summed E-state index contributed by atoms with van der Waals surface area (Å²) in [5.74, 6) is -0.959. The molecule has 8 nitrogen and oxygen atoms in total. The van der Waals surface area contributed by atoms with E-state index in [0.29, 0.717) is 32.1 Å². The number of halogens is 2. The average Bonchev–Trinajstić information content (AvgIpc) is 3.67. The minimum absolute atomic E-state index is 0.0558. The molecule has 0 N–H and O–H groups in total. The Bertz CT molecular complexity index is 1590. The van der Waals surface area contributed by atoms with Crippen LogP contribution in [0.4, 0.5) is 10.2 Å². The maximum Gasteiger partial charge on any atom is 0.318 e. The van der Waals surface area contributed by atoms with Crippen LogP contribution in [0.1, 0.15) is 67.8 Å². The molecule has 2 aromatic rings. The SMILES string of the molecule is C=C(F)C(=O)N1CCN(c2nc(OCC34CCCN3CCC4)nc3c2CCC2(C=C(C)c4c(Cl)cccc42)C3)C[C@@H]1CC#N. The molecule has 1 aromatic carbocycles. The summed E-state index contributed by atoms with van der Waals surface area (Å²) in [7, 11) is 0. The lowest BCUT2D eigenvalue weighted by Crippen LogP contribution is -2.55. The van der Waals surface area contributed by atoms with Crippen molar-refractivity contribution >= 4 is 28.9 Å². The Hall–Kier alpha value is -3.48. The molecule has 10 heteroatoms. The smallest absolute Gasteiger partial charge is 0.318 e. The van der Waals surface area contributed by atoms with E-state index in [2.05, 4.69) is 41.5 Å². The van der Waals surface area contributed by atoms with Crippen molar-refractivity contribution in [3.63, 3.8) is 0 Å². The highest BCUT2D eigenvalue weighted by Gasteiger charge is 2.46. The van der Waals surface area contributed by atoms with E-state index < -0.39 is 17.8 Å². The molecule has 4 heterocycles. The monoisotopic (exact) mass is 616 g/mol. The van der Waals surface area contributed by atoms with Gasteiger partial charge in [-0.3, -0.25) is 9.69 Å². The van der Waals surface area contributed by atoms with Gasteiger partial charge in [0.15, 0.2) is 5.83 Å². The van der Waals surface area contributed by atoms with E-state index in [4.69, 9.17) is 26.3 Å². The number of amides is 1. The molecule has 3 fully saturated rings. The van der Waals surface area contributed by atoms with Crippen molar-refractivity contribution in [2.24, 2.45) is 0 Å². The van der Waals surface area contributed by atoms with Crippen LogP contribution in [0.25, 0.3) is 5.57 Å². The van der Waals surface area contributed by atoms with Gasteiger partial charge in [0.25, 0.3) is 5.91 Å². The van der Waals surface area contributed by atoms with Gasteiger partial charge < -0.3 is 14.5 Å². The second-order valence-electron chi connectivity index (χ2n) is 13.2. The highest BCUT2D eigenvalue weighted by Crippen LogP contribution is 2.51. The van der Waals surface area contributed by atoms with Gasteiger partial charge in [-0.05, 0) is 81.3 Å².